The molecular weight excluding hydrogens is 352 g/mol. The summed E-state index contributed by atoms with van der Waals surface area (Å²) in [5.74, 6) is 1.42. The summed E-state index contributed by atoms with van der Waals surface area (Å²) in [7, 11) is 0. The topological polar surface area (TPSA) is 80.0 Å². The van der Waals surface area contributed by atoms with Gasteiger partial charge in [0.05, 0.1) is 0 Å². The van der Waals surface area contributed by atoms with E-state index in [0.29, 0.717) is 29.1 Å². The van der Waals surface area contributed by atoms with Gasteiger partial charge in [0.2, 0.25) is 0 Å². The minimum absolute atomic E-state index is 0.304. The zero-order valence-corrected chi connectivity index (χ0v) is 16.9. The van der Waals surface area contributed by atoms with Crippen molar-refractivity contribution in [2.75, 3.05) is 10.6 Å². The summed E-state index contributed by atoms with van der Waals surface area (Å²) in [6, 6.07) is 11.6. The highest BCUT2D eigenvalue weighted by Crippen LogP contribution is 2.34. The van der Waals surface area contributed by atoms with Crippen LogP contribution in [0.1, 0.15) is 66.9 Å². The maximum Gasteiger partial charge on any atom is 0.275 e. The van der Waals surface area contributed by atoms with E-state index in [0.717, 1.165) is 11.4 Å². The van der Waals surface area contributed by atoms with Gasteiger partial charge in [-0.3, -0.25) is 9.78 Å². The van der Waals surface area contributed by atoms with Crippen LogP contribution in [0.3, 0.4) is 0 Å². The Balaban J connectivity index is 1.88. The van der Waals surface area contributed by atoms with Crippen LogP contribution in [0.2, 0.25) is 0 Å². The molecule has 0 saturated heterocycles. The molecule has 146 valence electrons. The molecule has 1 aromatic carbocycles. The van der Waals surface area contributed by atoms with Gasteiger partial charge in [-0.2, -0.15) is 0 Å². The van der Waals surface area contributed by atoms with Gasteiger partial charge in [0, 0.05) is 23.6 Å². The Morgan fingerprint density at radius 2 is 1.71 bits per heavy atom. The Kier molecular flexibility index (Phi) is 5.78. The van der Waals surface area contributed by atoms with Gasteiger partial charge in [-0.1, -0.05) is 51.1 Å². The van der Waals surface area contributed by atoms with Crippen LogP contribution in [0.15, 0.2) is 47.1 Å². The second kappa shape index (κ2) is 8.25. The first-order chi connectivity index (χ1) is 13.3. The third-order valence-corrected chi connectivity index (χ3v) is 4.50. The molecule has 28 heavy (non-hydrogen) atoms. The molecule has 1 amide bonds. The van der Waals surface area contributed by atoms with Gasteiger partial charge in [0.15, 0.2) is 5.82 Å². The van der Waals surface area contributed by atoms with Crippen molar-refractivity contribution < 1.29 is 9.32 Å². The number of anilines is 3. The number of hydrogen-bond donors (Lipinski definition) is 2. The van der Waals surface area contributed by atoms with Crippen LogP contribution in [0.5, 0.6) is 0 Å². The quantitative estimate of drug-likeness (QED) is 0.582. The summed E-state index contributed by atoms with van der Waals surface area (Å²) in [5.41, 5.74) is 4.70. The van der Waals surface area contributed by atoms with E-state index in [1.54, 1.807) is 25.3 Å². The van der Waals surface area contributed by atoms with Gasteiger partial charge < -0.3 is 15.2 Å². The molecule has 0 bridgehead atoms. The number of amides is 1. The molecule has 2 heterocycles. The molecule has 3 rings (SSSR count). The van der Waals surface area contributed by atoms with Gasteiger partial charge in [-0.05, 0) is 42.0 Å². The van der Waals surface area contributed by atoms with Crippen LogP contribution < -0.4 is 10.6 Å². The summed E-state index contributed by atoms with van der Waals surface area (Å²) in [5, 5.41) is 9.99. The molecule has 2 N–H and O–H groups in total. The average molecular weight is 378 g/mol. The van der Waals surface area contributed by atoms with Gasteiger partial charge in [0.1, 0.15) is 11.5 Å². The van der Waals surface area contributed by atoms with E-state index in [1.807, 2.05) is 6.07 Å². The SMILES string of the molecule is Cc1cc(NC(=O)c2cc(Nc3c(C(C)C)cccc3C(C)C)ccn2)no1. The first kappa shape index (κ1) is 19.6. The Bertz CT molecular complexity index is 950. The lowest BCUT2D eigenvalue weighted by atomic mass is 9.92. The molecule has 0 unspecified atom stereocenters. The summed E-state index contributed by atoms with van der Waals surface area (Å²) < 4.78 is 4.98. The van der Waals surface area contributed by atoms with Crippen LogP contribution in [0, 0.1) is 6.92 Å². The number of carbonyl (C=O) groups excluding carboxylic acids is 1. The maximum absolute atomic E-state index is 12.5. The van der Waals surface area contributed by atoms with Crippen molar-refractivity contribution >= 4 is 23.1 Å². The van der Waals surface area contributed by atoms with E-state index in [2.05, 4.69) is 66.7 Å². The summed E-state index contributed by atoms with van der Waals surface area (Å²) in [6.07, 6.45) is 1.62. The zero-order valence-electron chi connectivity index (χ0n) is 16.9. The normalized spacial score (nSPS) is 11.1. The number of pyridine rings is 1. The molecular formula is C22H26N4O2. The highest BCUT2D eigenvalue weighted by molar-refractivity contribution is 6.02. The minimum atomic E-state index is -0.335. The lowest BCUT2D eigenvalue weighted by molar-refractivity contribution is 0.102. The molecule has 2 aromatic heterocycles. The lowest BCUT2D eigenvalue weighted by Gasteiger charge is -2.21. The molecule has 0 radical (unpaired) electrons. The monoisotopic (exact) mass is 378 g/mol. The zero-order chi connectivity index (χ0) is 20.3. The predicted molar refractivity (Wildman–Crippen MR) is 111 cm³/mol. The minimum Gasteiger partial charge on any atom is -0.360 e. The highest BCUT2D eigenvalue weighted by atomic mass is 16.5. The lowest BCUT2D eigenvalue weighted by Crippen LogP contribution is -2.14. The Morgan fingerprint density at radius 1 is 1.04 bits per heavy atom. The van der Waals surface area contributed by atoms with Crippen molar-refractivity contribution in [2.24, 2.45) is 0 Å². The fourth-order valence-electron chi connectivity index (χ4n) is 3.08. The molecule has 0 spiro atoms. The van der Waals surface area contributed by atoms with Crippen molar-refractivity contribution in [3.63, 3.8) is 0 Å². The van der Waals surface area contributed by atoms with Crippen molar-refractivity contribution in [3.8, 4) is 0 Å². The molecule has 0 aliphatic rings. The number of hydrogen-bond acceptors (Lipinski definition) is 5. The van der Waals surface area contributed by atoms with E-state index in [-0.39, 0.29) is 5.91 Å². The van der Waals surface area contributed by atoms with E-state index >= 15 is 0 Å². The number of para-hydroxylation sites is 1. The number of aromatic nitrogens is 2. The smallest absolute Gasteiger partial charge is 0.275 e. The summed E-state index contributed by atoms with van der Waals surface area (Å²) >= 11 is 0. The second-order valence-corrected chi connectivity index (χ2v) is 7.45. The fourth-order valence-corrected chi connectivity index (χ4v) is 3.08. The van der Waals surface area contributed by atoms with Gasteiger partial charge in [0.25, 0.3) is 5.91 Å². The van der Waals surface area contributed by atoms with Crippen LogP contribution in [0.4, 0.5) is 17.2 Å². The van der Waals surface area contributed by atoms with Crippen LogP contribution in [-0.4, -0.2) is 16.0 Å². The third-order valence-electron chi connectivity index (χ3n) is 4.50. The Morgan fingerprint density at radius 3 is 2.29 bits per heavy atom. The van der Waals surface area contributed by atoms with Gasteiger partial charge in [-0.25, -0.2) is 0 Å². The summed E-state index contributed by atoms with van der Waals surface area (Å²) in [6.45, 7) is 10.5. The standard InChI is InChI=1S/C22H26N4O2/c1-13(2)17-7-6-8-18(14(3)4)21(17)24-16-9-10-23-19(12-16)22(27)25-20-11-15(5)28-26-20/h6-14H,1-5H3,(H,23,24)(H,25,26,27). The van der Waals surface area contributed by atoms with Crippen LogP contribution in [-0.2, 0) is 0 Å². The van der Waals surface area contributed by atoms with Crippen LogP contribution in [0.25, 0.3) is 0 Å². The van der Waals surface area contributed by atoms with Crippen molar-refractivity contribution in [1.82, 2.24) is 10.1 Å². The van der Waals surface area contributed by atoms with Gasteiger partial charge in [-0.15, -0.1) is 0 Å². The number of carbonyl (C=O) groups is 1. The largest absolute Gasteiger partial charge is 0.360 e. The molecule has 0 aliphatic carbocycles. The molecule has 0 fully saturated rings. The van der Waals surface area contributed by atoms with E-state index in [1.165, 1.54) is 11.1 Å². The van der Waals surface area contributed by atoms with E-state index in [4.69, 9.17) is 4.52 Å². The maximum atomic E-state index is 12.5. The van der Waals surface area contributed by atoms with Gasteiger partial charge >= 0.3 is 0 Å². The predicted octanol–water partition coefficient (Wildman–Crippen LogP) is 5.62. The molecule has 6 heteroatoms. The van der Waals surface area contributed by atoms with Crippen molar-refractivity contribution in [1.29, 1.82) is 0 Å². The highest BCUT2D eigenvalue weighted by Gasteiger charge is 2.15. The number of nitrogens with one attached hydrogen (secondary N) is 2. The van der Waals surface area contributed by atoms with Crippen molar-refractivity contribution in [2.45, 2.75) is 46.5 Å². The number of aryl methyl sites for hydroxylation is 1. The number of nitrogens with zero attached hydrogens (tertiary/aromatic N) is 2. The van der Waals surface area contributed by atoms with E-state index in [9.17, 15) is 4.79 Å². The molecule has 0 atom stereocenters. The number of benzene rings is 1. The Labute approximate surface area is 165 Å². The first-order valence-corrected chi connectivity index (χ1v) is 9.45. The van der Waals surface area contributed by atoms with E-state index < -0.39 is 0 Å². The molecule has 0 saturated carbocycles. The fraction of sp³-hybridized carbons (Fsp3) is 0.318. The molecule has 0 aliphatic heterocycles. The van der Waals surface area contributed by atoms with Crippen LogP contribution >= 0.6 is 0 Å². The molecule has 6 nitrogen and oxygen atoms in total. The average Bonchev–Trinajstić information content (AvgIpc) is 3.06. The Hall–Kier alpha value is -3.15. The number of rotatable bonds is 6. The molecule has 3 aromatic rings. The third kappa shape index (κ3) is 4.39. The van der Waals surface area contributed by atoms with Crippen molar-refractivity contribution in [3.05, 3.63) is 65.2 Å². The second-order valence-electron chi connectivity index (χ2n) is 7.45. The first-order valence-electron chi connectivity index (χ1n) is 9.45. The summed E-state index contributed by atoms with van der Waals surface area (Å²) in [4.78, 5) is 16.7.